The number of benzene rings is 2. The van der Waals surface area contributed by atoms with Crippen LogP contribution in [0.15, 0.2) is 42.5 Å². The van der Waals surface area contributed by atoms with Gasteiger partial charge in [0.25, 0.3) is 0 Å². The molecule has 0 aromatic heterocycles. The van der Waals surface area contributed by atoms with Gasteiger partial charge in [0.2, 0.25) is 0 Å². The van der Waals surface area contributed by atoms with Gasteiger partial charge in [-0.3, -0.25) is 0 Å². The minimum absolute atomic E-state index is 0.225. The van der Waals surface area contributed by atoms with Gasteiger partial charge < -0.3 is 14.8 Å². The molecule has 0 aliphatic rings. The summed E-state index contributed by atoms with van der Waals surface area (Å²) in [5.41, 5.74) is 1.68. The molecule has 2 aromatic carbocycles. The number of aryl methyl sites for hydroxylation is 1. The highest BCUT2D eigenvalue weighted by Gasteiger charge is 2.15. The molecule has 4 heteroatoms. The fourth-order valence-corrected chi connectivity index (χ4v) is 2.15. The van der Waals surface area contributed by atoms with E-state index in [0.29, 0.717) is 23.7 Å². The third-order valence-electron chi connectivity index (χ3n) is 3.35. The quantitative estimate of drug-likeness (QED) is 0.883. The predicted molar refractivity (Wildman–Crippen MR) is 81.4 cm³/mol. The number of hydrogen-bond acceptors (Lipinski definition) is 3. The van der Waals surface area contributed by atoms with Crippen LogP contribution in [0, 0.1) is 12.7 Å². The van der Waals surface area contributed by atoms with Crippen LogP contribution in [0.2, 0.25) is 0 Å². The molecule has 0 aliphatic heterocycles. The largest absolute Gasteiger partial charge is 0.493 e. The second-order valence-corrected chi connectivity index (χ2v) is 4.83. The van der Waals surface area contributed by atoms with Crippen LogP contribution in [-0.4, -0.2) is 20.8 Å². The molecule has 1 unspecified atom stereocenters. The van der Waals surface area contributed by atoms with Crippen molar-refractivity contribution in [1.29, 1.82) is 0 Å². The van der Waals surface area contributed by atoms with Gasteiger partial charge in [-0.05, 0) is 37.7 Å². The van der Waals surface area contributed by atoms with Gasteiger partial charge in [-0.1, -0.05) is 24.3 Å². The standard InChI is InChI=1S/C17H20FNO2/c1-12-8-9-16(17(10-12)20-3)21-11-15(19-2)13-6-4-5-7-14(13)18/h4-10,15,19H,11H2,1-3H3. The lowest BCUT2D eigenvalue weighted by Gasteiger charge is -2.19. The zero-order chi connectivity index (χ0) is 15.2. The Hall–Kier alpha value is -2.07. The second-order valence-electron chi connectivity index (χ2n) is 4.83. The summed E-state index contributed by atoms with van der Waals surface area (Å²) in [4.78, 5) is 0. The maximum atomic E-state index is 13.8. The summed E-state index contributed by atoms with van der Waals surface area (Å²) < 4.78 is 24.9. The topological polar surface area (TPSA) is 30.5 Å². The third-order valence-corrected chi connectivity index (χ3v) is 3.35. The van der Waals surface area contributed by atoms with Crippen molar-refractivity contribution >= 4 is 0 Å². The smallest absolute Gasteiger partial charge is 0.161 e. The van der Waals surface area contributed by atoms with Gasteiger partial charge in [-0.2, -0.15) is 0 Å². The molecule has 1 N–H and O–H groups in total. The van der Waals surface area contributed by atoms with Crippen molar-refractivity contribution in [3.8, 4) is 11.5 Å². The van der Waals surface area contributed by atoms with E-state index in [4.69, 9.17) is 9.47 Å². The first kappa shape index (κ1) is 15.3. The normalized spacial score (nSPS) is 12.0. The first-order valence-electron chi connectivity index (χ1n) is 6.85. The van der Waals surface area contributed by atoms with E-state index in [1.54, 1.807) is 26.3 Å². The van der Waals surface area contributed by atoms with Gasteiger partial charge in [-0.25, -0.2) is 4.39 Å². The maximum absolute atomic E-state index is 13.8. The van der Waals surface area contributed by atoms with Gasteiger partial charge in [0.05, 0.1) is 13.2 Å². The molecular formula is C17H20FNO2. The Morgan fingerprint density at radius 3 is 2.57 bits per heavy atom. The molecule has 0 saturated carbocycles. The van der Waals surface area contributed by atoms with Gasteiger partial charge in [-0.15, -0.1) is 0 Å². The van der Waals surface area contributed by atoms with Gasteiger partial charge in [0.1, 0.15) is 12.4 Å². The van der Waals surface area contributed by atoms with Gasteiger partial charge >= 0.3 is 0 Å². The summed E-state index contributed by atoms with van der Waals surface area (Å²) in [6, 6.07) is 12.2. The fourth-order valence-electron chi connectivity index (χ4n) is 2.15. The summed E-state index contributed by atoms with van der Waals surface area (Å²) in [7, 11) is 3.39. The summed E-state index contributed by atoms with van der Waals surface area (Å²) in [5.74, 6) is 1.09. The summed E-state index contributed by atoms with van der Waals surface area (Å²) >= 11 is 0. The monoisotopic (exact) mass is 289 g/mol. The van der Waals surface area contributed by atoms with Crippen molar-refractivity contribution in [2.75, 3.05) is 20.8 Å². The van der Waals surface area contributed by atoms with Gasteiger partial charge in [0, 0.05) is 5.56 Å². The van der Waals surface area contributed by atoms with Crippen LogP contribution in [0.4, 0.5) is 4.39 Å². The van der Waals surface area contributed by atoms with Crippen LogP contribution in [0.25, 0.3) is 0 Å². The lowest BCUT2D eigenvalue weighted by atomic mass is 10.1. The van der Waals surface area contributed by atoms with Crippen molar-refractivity contribution in [2.45, 2.75) is 13.0 Å². The Balaban J connectivity index is 2.12. The molecule has 21 heavy (non-hydrogen) atoms. The minimum Gasteiger partial charge on any atom is -0.493 e. The fraction of sp³-hybridized carbons (Fsp3) is 0.294. The number of likely N-dealkylation sites (N-methyl/N-ethyl adjacent to an activating group) is 1. The predicted octanol–water partition coefficient (Wildman–Crippen LogP) is 3.48. The van der Waals surface area contributed by atoms with E-state index < -0.39 is 0 Å². The van der Waals surface area contributed by atoms with Crippen molar-refractivity contribution in [1.82, 2.24) is 5.32 Å². The zero-order valence-electron chi connectivity index (χ0n) is 12.5. The molecule has 2 aromatic rings. The van der Waals surface area contributed by atoms with E-state index >= 15 is 0 Å². The third kappa shape index (κ3) is 3.73. The molecular weight excluding hydrogens is 269 g/mol. The molecule has 3 nitrogen and oxygen atoms in total. The van der Waals surface area contributed by atoms with Crippen LogP contribution in [0.5, 0.6) is 11.5 Å². The molecule has 0 aliphatic carbocycles. The van der Waals surface area contributed by atoms with E-state index in [9.17, 15) is 4.39 Å². The molecule has 0 radical (unpaired) electrons. The minimum atomic E-state index is -0.240. The molecule has 0 heterocycles. The highest BCUT2D eigenvalue weighted by molar-refractivity contribution is 5.42. The van der Waals surface area contributed by atoms with Crippen LogP contribution in [-0.2, 0) is 0 Å². The molecule has 1 atom stereocenters. The Bertz CT molecular complexity index is 601. The average Bonchev–Trinajstić information content (AvgIpc) is 2.50. The second kappa shape index (κ2) is 7.09. The molecule has 0 spiro atoms. The summed E-state index contributed by atoms with van der Waals surface area (Å²) in [5, 5.41) is 3.07. The Labute approximate surface area is 124 Å². The van der Waals surface area contributed by atoms with Crippen molar-refractivity contribution in [2.24, 2.45) is 0 Å². The lowest BCUT2D eigenvalue weighted by Crippen LogP contribution is -2.24. The van der Waals surface area contributed by atoms with Crippen LogP contribution < -0.4 is 14.8 Å². The first-order chi connectivity index (χ1) is 10.2. The Morgan fingerprint density at radius 2 is 1.90 bits per heavy atom. The zero-order valence-corrected chi connectivity index (χ0v) is 12.5. The number of methoxy groups -OCH3 is 1. The van der Waals surface area contributed by atoms with Crippen molar-refractivity contribution in [3.63, 3.8) is 0 Å². The number of nitrogens with one attached hydrogen (secondary N) is 1. The average molecular weight is 289 g/mol. The Morgan fingerprint density at radius 1 is 1.14 bits per heavy atom. The first-order valence-corrected chi connectivity index (χ1v) is 6.85. The van der Waals surface area contributed by atoms with Gasteiger partial charge in [0.15, 0.2) is 11.5 Å². The number of rotatable bonds is 6. The molecule has 2 rings (SSSR count). The van der Waals surface area contributed by atoms with E-state index in [2.05, 4.69) is 5.32 Å². The summed E-state index contributed by atoms with van der Waals surface area (Å²) in [6.07, 6.45) is 0. The number of halogens is 1. The highest BCUT2D eigenvalue weighted by atomic mass is 19.1. The van der Waals surface area contributed by atoms with E-state index in [1.807, 2.05) is 31.2 Å². The van der Waals surface area contributed by atoms with E-state index in [1.165, 1.54) is 6.07 Å². The van der Waals surface area contributed by atoms with E-state index in [-0.39, 0.29) is 11.9 Å². The number of ether oxygens (including phenoxy) is 2. The lowest BCUT2D eigenvalue weighted by molar-refractivity contribution is 0.256. The van der Waals surface area contributed by atoms with E-state index in [0.717, 1.165) is 5.56 Å². The van der Waals surface area contributed by atoms with Crippen LogP contribution in [0.1, 0.15) is 17.2 Å². The number of hydrogen-bond donors (Lipinski definition) is 1. The maximum Gasteiger partial charge on any atom is 0.161 e. The molecule has 0 fully saturated rings. The summed E-state index contributed by atoms with van der Waals surface area (Å²) in [6.45, 7) is 2.30. The molecule has 0 bridgehead atoms. The highest BCUT2D eigenvalue weighted by Crippen LogP contribution is 2.29. The van der Waals surface area contributed by atoms with Crippen molar-refractivity contribution < 1.29 is 13.9 Å². The van der Waals surface area contributed by atoms with Crippen molar-refractivity contribution in [3.05, 3.63) is 59.4 Å². The van der Waals surface area contributed by atoms with Crippen LogP contribution >= 0.6 is 0 Å². The molecule has 112 valence electrons. The Kier molecular flexibility index (Phi) is 5.17. The molecule has 0 saturated heterocycles. The van der Waals surface area contributed by atoms with Crippen LogP contribution in [0.3, 0.4) is 0 Å². The molecule has 0 amide bonds. The SMILES string of the molecule is CNC(COc1ccc(C)cc1OC)c1ccccc1F.